The van der Waals surface area contributed by atoms with Gasteiger partial charge in [0.1, 0.15) is 5.75 Å². The van der Waals surface area contributed by atoms with Gasteiger partial charge in [-0.25, -0.2) is 0 Å². The van der Waals surface area contributed by atoms with Crippen molar-refractivity contribution in [2.24, 2.45) is 5.92 Å². The molecule has 3 rings (SSSR count). The Morgan fingerprint density at radius 2 is 1.56 bits per heavy atom. The number of rotatable bonds is 7. The fourth-order valence-corrected chi connectivity index (χ4v) is 4.70. The highest BCUT2D eigenvalue weighted by Gasteiger charge is 2.29. The maximum atomic E-state index is 12.5. The molecule has 0 aromatic heterocycles. The van der Waals surface area contributed by atoms with Gasteiger partial charge in [-0.3, -0.25) is 4.79 Å². The van der Waals surface area contributed by atoms with Gasteiger partial charge in [0.25, 0.3) is 0 Å². The molecule has 0 aliphatic heterocycles. The normalized spacial score (nSPS) is 18.3. The zero-order valence-corrected chi connectivity index (χ0v) is 16.9. The van der Waals surface area contributed by atoms with Crippen molar-refractivity contribution in [3.05, 3.63) is 17.2 Å². The first-order chi connectivity index (χ1) is 13.2. The first-order valence-electron chi connectivity index (χ1n) is 10.3. The van der Waals surface area contributed by atoms with E-state index in [9.17, 15) is 4.79 Å². The number of nitrogens with one attached hydrogen (secondary N) is 1. The minimum absolute atomic E-state index is 0.145. The zero-order chi connectivity index (χ0) is 19.2. The summed E-state index contributed by atoms with van der Waals surface area (Å²) < 4.78 is 17.2. The molecule has 2 saturated carbocycles. The third kappa shape index (κ3) is 4.33. The molecule has 27 heavy (non-hydrogen) atoms. The van der Waals surface area contributed by atoms with E-state index in [0.29, 0.717) is 18.2 Å². The van der Waals surface area contributed by atoms with Crippen molar-refractivity contribution < 1.29 is 19.0 Å². The maximum Gasteiger partial charge on any atom is 0.223 e. The second kappa shape index (κ2) is 9.34. The number of carbonyl (C=O) groups excluding carboxylic acids is 1. The number of benzene rings is 1. The van der Waals surface area contributed by atoms with Crippen LogP contribution in [-0.4, -0.2) is 27.2 Å². The average molecular weight is 376 g/mol. The van der Waals surface area contributed by atoms with Gasteiger partial charge in [0.05, 0.1) is 21.3 Å². The van der Waals surface area contributed by atoms with Crippen molar-refractivity contribution in [3.8, 4) is 17.2 Å². The van der Waals surface area contributed by atoms with Crippen LogP contribution in [0.3, 0.4) is 0 Å². The molecule has 1 aromatic rings. The minimum atomic E-state index is 0.145. The van der Waals surface area contributed by atoms with Gasteiger partial charge in [0.15, 0.2) is 11.5 Å². The lowest BCUT2D eigenvalue weighted by atomic mass is 9.88. The van der Waals surface area contributed by atoms with Crippen LogP contribution in [0.15, 0.2) is 6.07 Å². The van der Waals surface area contributed by atoms with Gasteiger partial charge in [-0.15, -0.1) is 0 Å². The lowest BCUT2D eigenvalue weighted by molar-refractivity contribution is -0.126. The van der Waals surface area contributed by atoms with Crippen LogP contribution in [0, 0.1) is 5.92 Å². The molecule has 0 unspecified atom stereocenters. The van der Waals surface area contributed by atoms with E-state index in [1.807, 2.05) is 6.07 Å². The molecule has 0 spiro atoms. The van der Waals surface area contributed by atoms with E-state index in [1.165, 1.54) is 19.3 Å². The summed E-state index contributed by atoms with van der Waals surface area (Å²) in [6.07, 6.45) is 10.3. The van der Waals surface area contributed by atoms with Crippen LogP contribution in [-0.2, 0) is 11.3 Å². The van der Waals surface area contributed by atoms with Gasteiger partial charge in [-0.2, -0.15) is 0 Å². The second-order valence-electron chi connectivity index (χ2n) is 7.75. The lowest BCUT2D eigenvalue weighted by Crippen LogP contribution is -2.31. The maximum absolute atomic E-state index is 12.5. The Morgan fingerprint density at radius 1 is 0.926 bits per heavy atom. The van der Waals surface area contributed by atoms with Gasteiger partial charge in [-0.1, -0.05) is 32.1 Å². The molecule has 0 radical (unpaired) electrons. The molecule has 1 N–H and O–H groups in total. The SMILES string of the molecule is COc1cc(CNC(=O)C2CCCCC2)c(OC)c(OC)c1C1CCCC1. The summed E-state index contributed by atoms with van der Waals surface area (Å²) in [6, 6.07) is 2.01. The standard InChI is InChI=1S/C22H33NO4/c1-25-18-13-17(14-23-22(24)16-11-5-4-6-12-16)20(26-2)21(27-3)19(18)15-9-7-8-10-15/h13,15-16H,4-12,14H2,1-3H3,(H,23,24). The van der Waals surface area contributed by atoms with Crippen LogP contribution >= 0.6 is 0 Å². The predicted octanol–water partition coefficient (Wildman–Crippen LogP) is 4.57. The van der Waals surface area contributed by atoms with Crippen LogP contribution in [0.5, 0.6) is 17.2 Å². The molecule has 150 valence electrons. The van der Waals surface area contributed by atoms with Gasteiger partial charge >= 0.3 is 0 Å². The highest BCUT2D eigenvalue weighted by atomic mass is 16.5. The first-order valence-corrected chi connectivity index (χ1v) is 10.3. The van der Waals surface area contributed by atoms with E-state index in [1.54, 1.807) is 21.3 Å². The van der Waals surface area contributed by atoms with Crippen molar-refractivity contribution in [1.82, 2.24) is 5.32 Å². The summed E-state index contributed by atoms with van der Waals surface area (Å²) in [5.41, 5.74) is 2.01. The molecule has 5 nitrogen and oxygen atoms in total. The molecule has 2 fully saturated rings. The average Bonchev–Trinajstić information content (AvgIpc) is 3.25. The zero-order valence-electron chi connectivity index (χ0n) is 16.9. The number of amides is 1. The van der Waals surface area contributed by atoms with Gasteiger partial charge < -0.3 is 19.5 Å². The van der Waals surface area contributed by atoms with Crippen LogP contribution < -0.4 is 19.5 Å². The number of carbonyl (C=O) groups is 1. The smallest absolute Gasteiger partial charge is 0.223 e. The van der Waals surface area contributed by atoms with E-state index in [-0.39, 0.29) is 11.8 Å². The molecule has 1 aromatic carbocycles. The highest BCUT2D eigenvalue weighted by Crippen LogP contribution is 2.49. The van der Waals surface area contributed by atoms with Gasteiger partial charge in [-0.05, 0) is 37.7 Å². The van der Waals surface area contributed by atoms with Crippen molar-refractivity contribution in [1.29, 1.82) is 0 Å². The molecule has 2 aliphatic rings. The van der Waals surface area contributed by atoms with E-state index in [0.717, 1.165) is 61.2 Å². The highest BCUT2D eigenvalue weighted by molar-refractivity contribution is 5.78. The number of hydrogen-bond acceptors (Lipinski definition) is 4. The third-order valence-corrected chi connectivity index (χ3v) is 6.13. The number of ether oxygens (including phenoxy) is 3. The number of methoxy groups -OCH3 is 3. The third-order valence-electron chi connectivity index (χ3n) is 6.13. The van der Waals surface area contributed by atoms with Crippen LogP contribution in [0.25, 0.3) is 0 Å². The fraction of sp³-hybridized carbons (Fsp3) is 0.682. The first kappa shape index (κ1) is 19.8. The van der Waals surface area contributed by atoms with Gasteiger partial charge in [0, 0.05) is 23.6 Å². The van der Waals surface area contributed by atoms with E-state index in [4.69, 9.17) is 14.2 Å². The molecule has 2 aliphatic carbocycles. The van der Waals surface area contributed by atoms with Crippen molar-refractivity contribution in [2.45, 2.75) is 70.3 Å². The molecular weight excluding hydrogens is 342 g/mol. The minimum Gasteiger partial charge on any atom is -0.496 e. The quantitative estimate of drug-likeness (QED) is 0.759. The van der Waals surface area contributed by atoms with E-state index < -0.39 is 0 Å². The summed E-state index contributed by atoms with van der Waals surface area (Å²) in [6.45, 7) is 0.427. The monoisotopic (exact) mass is 375 g/mol. The molecule has 0 bridgehead atoms. The van der Waals surface area contributed by atoms with Crippen LogP contribution in [0.2, 0.25) is 0 Å². The molecule has 5 heteroatoms. The Balaban J connectivity index is 1.84. The lowest BCUT2D eigenvalue weighted by Gasteiger charge is -2.24. The Morgan fingerprint density at radius 3 is 2.15 bits per heavy atom. The predicted molar refractivity (Wildman–Crippen MR) is 106 cm³/mol. The molecular formula is C22H33NO4. The molecule has 0 atom stereocenters. The largest absolute Gasteiger partial charge is 0.496 e. The Labute approximate surface area is 162 Å². The Kier molecular flexibility index (Phi) is 6.86. The van der Waals surface area contributed by atoms with Crippen molar-refractivity contribution in [3.63, 3.8) is 0 Å². The second-order valence-corrected chi connectivity index (χ2v) is 7.75. The summed E-state index contributed by atoms with van der Waals surface area (Å²) in [4.78, 5) is 12.5. The fourth-order valence-electron chi connectivity index (χ4n) is 4.70. The van der Waals surface area contributed by atoms with Crippen LogP contribution in [0.4, 0.5) is 0 Å². The molecule has 0 heterocycles. The van der Waals surface area contributed by atoms with Crippen LogP contribution in [0.1, 0.15) is 74.8 Å². The van der Waals surface area contributed by atoms with Crippen molar-refractivity contribution in [2.75, 3.05) is 21.3 Å². The van der Waals surface area contributed by atoms with E-state index in [2.05, 4.69) is 5.32 Å². The Bertz CT molecular complexity index is 646. The molecule has 0 saturated heterocycles. The topological polar surface area (TPSA) is 56.8 Å². The Hall–Kier alpha value is -1.91. The number of hydrogen-bond donors (Lipinski definition) is 1. The summed E-state index contributed by atoms with van der Waals surface area (Å²) in [5.74, 6) is 3.03. The summed E-state index contributed by atoms with van der Waals surface area (Å²) in [5, 5.41) is 3.10. The van der Waals surface area contributed by atoms with Crippen molar-refractivity contribution >= 4 is 5.91 Å². The van der Waals surface area contributed by atoms with Gasteiger partial charge in [0.2, 0.25) is 5.91 Å². The van der Waals surface area contributed by atoms with E-state index >= 15 is 0 Å². The summed E-state index contributed by atoms with van der Waals surface area (Å²) >= 11 is 0. The summed E-state index contributed by atoms with van der Waals surface area (Å²) in [7, 11) is 5.04. The molecule has 1 amide bonds.